The number of fused-ring (bicyclic) bond motifs is 2. The lowest BCUT2D eigenvalue weighted by atomic mass is 10.2. The summed E-state index contributed by atoms with van der Waals surface area (Å²) in [7, 11) is 0. The number of alkyl halides is 3. The van der Waals surface area contributed by atoms with Crippen molar-refractivity contribution in [2.75, 3.05) is 26.4 Å². The number of nitrogens with zero attached hydrogens (tertiary/aromatic N) is 1. The Morgan fingerprint density at radius 1 is 1.03 bits per heavy atom. The summed E-state index contributed by atoms with van der Waals surface area (Å²) in [5.74, 6) is 2.67. The van der Waals surface area contributed by atoms with Crippen molar-refractivity contribution in [2.24, 2.45) is 5.73 Å². The van der Waals surface area contributed by atoms with Gasteiger partial charge in [0, 0.05) is 29.0 Å². The molecule has 2 aliphatic heterocycles. The van der Waals surface area contributed by atoms with Gasteiger partial charge in [-0.1, -0.05) is 0 Å². The molecule has 0 unspecified atom stereocenters. The molecule has 5 rings (SSSR count). The van der Waals surface area contributed by atoms with Gasteiger partial charge >= 0.3 is 6.18 Å². The van der Waals surface area contributed by atoms with Crippen LogP contribution in [0.4, 0.5) is 13.2 Å². The minimum atomic E-state index is -4.73. The maximum absolute atomic E-state index is 12.6. The van der Waals surface area contributed by atoms with E-state index in [1.807, 2.05) is 11.4 Å². The van der Waals surface area contributed by atoms with Gasteiger partial charge in [0.15, 0.2) is 23.0 Å². The van der Waals surface area contributed by atoms with Gasteiger partial charge in [0.2, 0.25) is 0 Å². The third-order valence-electron chi connectivity index (χ3n) is 4.92. The lowest BCUT2D eigenvalue weighted by Gasteiger charge is -2.18. The zero-order valence-corrected chi connectivity index (χ0v) is 18.7. The van der Waals surface area contributed by atoms with E-state index in [-0.39, 0.29) is 12.2 Å². The van der Waals surface area contributed by atoms with Crippen LogP contribution in [0.15, 0.2) is 35.6 Å². The summed E-state index contributed by atoms with van der Waals surface area (Å²) in [6.07, 6.45) is -0.613. The van der Waals surface area contributed by atoms with Crippen LogP contribution in [0.3, 0.4) is 0 Å². The predicted octanol–water partition coefficient (Wildman–Crippen LogP) is 4.91. The predicted molar refractivity (Wildman–Crippen MR) is 119 cm³/mol. The van der Waals surface area contributed by atoms with E-state index < -0.39 is 11.9 Å². The maximum Gasteiger partial charge on any atom is 0.432 e. The topological polar surface area (TPSA) is 91.7 Å². The smallest absolute Gasteiger partial charge is 0.432 e. The highest BCUT2D eigenvalue weighted by molar-refractivity contribution is 7.24. The van der Waals surface area contributed by atoms with Crippen LogP contribution < -0.4 is 24.7 Å². The first-order valence-corrected chi connectivity index (χ1v) is 11.6. The van der Waals surface area contributed by atoms with Gasteiger partial charge in [0.05, 0.1) is 21.2 Å². The molecular formula is C21H18F3N3O4S2. The van der Waals surface area contributed by atoms with E-state index in [2.05, 4.69) is 0 Å². The normalized spacial score (nSPS) is 15.5. The van der Waals surface area contributed by atoms with Crippen molar-refractivity contribution in [3.05, 3.63) is 35.6 Å². The Bertz CT molecular complexity index is 1240. The Morgan fingerprint density at radius 2 is 1.70 bits per heavy atom. The van der Waals surface area contributed by atoms with Gasteiger partial charge in [0.1, 0.15) is 32.1 Å². The summed E-state index contributed by atoms with van der Waals surface area (Å²) in [5, 5.41) is 8.99. The van der Waals surface area contributed by atoms with Crippen LogP contribution in [0, 0.1) is 5.41 Å². The fourth-order valence-electron chi connectivity index (χ4n) is 3.51. The summed E-state index contributed by atoms with van der Waals surface area (Å²) < 4.78 is 62.8. The molecule has 33 heavy (non-hydrogen) atoms. The largest absolute Gasteiger partial charge is 0.485 e. The van der Waals surface area contributed by atoms with Crippen LogP contribution in [-0.4, -0.2) is 42.9 Å². The van der Waals surface area contributed by atoms with Crippen LogP contribution in [0.2, 0.25) is 0 Å². The zero-order valence-electron chi connectivity index (χ0n) is 17.0. The number of ether oxygens (including phenoxy) is 4. The SMILES string of the molecule is N=C(/C=C(\N)Cn1ccc(-c2sc(-c3scc4c3OCCO4)c3c2OCCO3)c1)C(F)(F)F. The summed E-state index contributed by atoms with van der Waals surface area (Å²) in [6.45, 7) is 1.82. The van der Waals surface area contributed by atoms with Gasteiger partial charge in [-0.05, 0) is 12.1 Å². The Balaban J connectivity index is 1.46. The molecule has 3 aromatic heterocycles. The van der Waals surface area contributed by atoms with Crippen LogP contribution >= 0.6 is 22.7 Å². The molecule has 0 atom stereocenters. The molecule has 2 aliphatic rings. The van der Waals surface area contributed by atoms with Crippen LogP contribution in [0.1, 0.15) is 0 Å². The number of allylic oxidation sites excluding steroid dienone is 2. The van der Waals surface area contributed by atoms with E-state index in [0.29, 0.717) is 55.5 Å². The van der Waals surface area contributed by atoms with Crippen molar-refractivity contribution in [2.45, 2.75) is 12.7 Å². The van der Waals surface area contributed by atoms with E-state index >= 15 is 0 Å². The second-order valence-corrected chi connectivity index (χ2v) is 9.17. The van der Waals surface area contributed by atoms with Crippen molar-refractivity contribution in [3.63, 3.8) is 0 Å². The van der Waals surface area contributed by atoms with E-state index in [9.17, 15) is 13.2 Å². The molecule has 0 saturated heterocycles. The summed E-state index contributed by atoms with van der Waals surface area (Å²) in [4.78, 5) is 2.62. The lowest BCUT2D eigenvalue weighted by molar-refractivity contribution is -0.0584. The van der Waals surface area contributed by atoms with E-state index in [1.54, 1.807) is 17.0 Å². The number of aromatic nitrogens is 1. The summed E-state index contributed by atoms with van der Waals surface area (Å²) >= 11 is 2.99. The molecule has 0 spiro atoms. The Hall–Kier alpha value is -3.12. The number of rotatable bonds is 5. The van der Waals surface area contributed by atoms with Gasteiger partial charge in [-0.3, -0.25) is 5.41 Å². The maximum atomic E-state index is 12.6. The molecule has 0 amide bonds. The number of thiophene rings is 2. The van der Waals surface area contributed by atoms with Gasteiger partial charge in [-0.25, -0.2) is 0 Å². The molecule has 3 aromatic rings. The molecule has 174 valence electrons. The first-order chi connectivity index (χ1) is 15.8. The number of halogens is 3. The Kier molecular flexibility index (Phi) is 5.49. The van der Waals surface area contributed by atoms with E-state index in [4.69, 9.17) is 30.1 Å². The molecule has 0 bridgehead atoms. The molecule has 0 radical (unpaired) electrons. The van der Waals surface area contributed by atoms with E-state index in [1.165, 1.54) is 22.7 Å². The van der Waals surface area contributed by atoms with Crippen molar-refractivity contribution in [1.82, 2.24) is 4.57 Å². The van der Waals surface area contributed by atoms with Gasteiger partial charge in [-0.15, -0.1) is 22.7 Å². The van der Waals surface area contributed by atoms with Gasteiger partial charge in [0.25, 0.3) is 0 Å². The van der Waals surface area contributed by atoms with Gasteiger partial charge in [-0.2, -0.15) is 13.2 Å². The van der Waals surface area contributed by atoms with Crippen molar-refractivity contribution in [1.29, 1.82) is 5.41 Å². The standard InChI is InChI=1S/C21H18F3N3O4S2/c22-21(23,24)14(26)7-12(25)9-27-2-1-11(8-27)18-16-17(31-6-5-30-16)20(33-18)19-15-13(10-32-19)28-3-4-29-15/h1-2,7-8,10,26H,3-6,9,25H2/b12-7-,26-14?. The number of nitrogens with two attached hydrogens (primary N) is 1. The Morgan fingerprint density at radius 3 is 2.42 bits per heavy atom. The Labute approximate surface area is 194 Å². The van der Waals surface area contributed by atoms with Crippen molar-refractivity contribution >= 4 is 28.4 Å². The van der Waals surface area contributed by atoms with Crippen LogP contribution in [0.25, 0.3) is 20.2 Å². The third-order valence-corrected chi connectivity index (χ3v) is 7.22. The highest BCUT2D eigenvalue weighted by Crippen LogP contribution is 2.58. The highest BCUT2D eigenvalue weighted by atomic mass is 32.1. The third kappa shape index (κ3) is 4.15. The minimum Gasteiger partial charge on any atom is -0.485 e. The average molecular weight is 498 g/mol. The lowest BCUT2D eigenvalue weighted by Crippen LogP contribution is -2.21. The second kappa shape index (κ2) is 8.34. The molecule has 3 N–H and O–H groups in total. The quantitative estimate of drug-likeness (QED) is 0.489. The summed E-state index contributed by atoms with van der Waals surface area (Å²) in [6, 6.07) is 1.83. The second-order valence-electron chi connectivity index (χ2n) is 7.27. The molecule has 0 aromatic carbocycles. The molecule has 5 heterocycles. The first kappa shape index (κ1) is 21.7. The number of hydrogen-bond acceptors (Lipinski definition) is 8. The van der Waals surface area contributed by atoms with Crippen molar-refractivity contribution < 1.29 is 32.1 Å². The minimum absolute atomic E-state index is 0.0137. The van der Waals surface area contributed by atoms with Gasteiger partial charge < -0.3 is 29.2 Å². The number of hydrogen-bond donors (Lipinski definition) is 2. The summed E-state index contributed by atoms with van der Waals surface area (Å²) in [5.41, 5.74) is 4.98. The first-order valence-electron chi connectivity index (χ1n) is 9.89. The monoisotopic (exact) mass is 497 g/mol. The fraction of sp³-hybridized carbons (Fsp3) is 0.286. The molecule has 0 aliphatic carbocycles. The van der Waals surface area contributed by atoms with Crippen molar-refractivity contribution in [3.8, 4) is 43.2 Å². The zero-order chi connectivity index (χ0) is 23.2. The van der Waals surface area contributed by atoms with Crippen LogP contribution in [0.5, 0.6) is 23.0 Å². The highest BCUT2D eigenvalue weighted by Gasteiger charge is 2.33. The molecule has 7 nitrogen and oxygen atoms in total. The molecule has 0 fully saturated rings. The fourth-order valence-corrected chi connectivity index (χ4v) is 5.76. The van der Waals surface area contributed by atoms with E-state index in [0.717, 1.165) is 20.2 Å². The molecule has 0 saturated carbocycles. The number of nitrogens with one attached hydrogen (secondary N) is 1. The molecule has 12 heteroatoms. The average Bonchev–Trinajstić information content (AvgIpc) is 3.49. The molecular weight excluding hydrogens is 479 g/mol. The van der Waals surface area contributed by atoms with Crippen LogP contribution in [-0.2, 0) is 6.54 Å².